The Kier molecular flexibility index (Phi) is 9.59. The van der Waals surface area contributed by atoms with Crippen molar-refractivity contribution in [2.24, 2.45) is 11.3 Å². The number of anilines is 2. The van der Waals surface area contributed by atoms with E-state index in [0.717, 1.165) is 74.8 Å². The van der Waals surface area contributed by atoms with Gasteiger partial charge in [-0.1, -0.05) is 31.1 Å². The van der Waals surface area contributed by atoms with Gasteiger partial charge in [0.15, 0.2) is 17.2 Å². The van der Waals surface area contributed by atoms with Crippen molar-refractivity contribution in [3.63, 3.8) is 0 Å². The molecule has 5 aromatic rings. The Morgan fingerprint density at radius 1 is 0.948 bits per heavy atom. The van der Waals surface area contributed by atoms with Crippen LogP contribution in [0.2, 0.25) is 0 Å². The number of β-amino-alcohol motifs (C(OH)–C–C–N with tert-alkyl or cyclic N) is 1. The SMILES string of the molecule is CC(C)C(C(=O)N1CCC(O)C1)c1cc(N2CC3(CCC(N4CCC(c5cnc(N6CCc7[nH]c8nnc(-c9ccccc9O)cc8c7C6)nc5)CC4)CC3)C2)no1. The standard InChI is InChI=1S/C44H54N10O4/c1-27(2)40(42(57)52-17-11-31(55)23-52)38-20-39(50-58-38)54-25-44(26-54)13-7-30(8-14-44)51-15-9-28(10-16-51)29-21-45-43(46-22-29)53-18-12-35-34(24-53)33-19-36(48-49-41(33)47-35)32-5-3-4-6-37(32)56/h3-6,19-22,27-28,30-31,40,55-56H,7-18,23-26H2,1-2H3,(H,47,49). The van der Waals surface area contributed by atoms with E-state index in [9.17, 15) is 15.0 Å². The van der Waals surface area contributed by atoms with Crippen LogP contribution >= 0.6 is 0 Å². The van der Waals surface area contributed by atoms with Crippen LogP contribution in [0.3, 0.4) is 0 Å². The third kappa shape index (κ3) is 6.87. The zero-order valence-corrected chi connectivity index (χ0v) is 33.6. The zero-order chi connectivity index (χ0) is 39.5. The second kappa shape index (κ2) is 14.9. The molecule has 5 aliphatic rings. The molecule has 1 amide bonds. The number of fused-ring (bicyclic) bond motifs is 3. The van der Waals surface area contributed by atoms with E-state index >= 15 is 0 Å². The largest absolute Gasteiger partial charge is 0.507 e. The van der Waals surface area contributed by atoms with Crippen LogP contribution in [0.1, 0.15) is 93.2 Å². The molecule has 4 aromatic heterocycles. The molecule has 2 unspecified atom stereocenters. The average Bonchev–Trinajstić information content (AvgIpc) is 3.99. The number of aliphatic hydroxyl groups is 1. The van der Waals surface area contributed by atoms with Crippen molar-refractivity contribution in [3.05, 3.63) is 71.4 Å². The minimum atomic E-state index is -0.435. The van der Waals surface area contributed by atoms with E-state index in [0.29, 0.717) is 60.4 Å². The number of aromatic amines is 1. The molecule has 304 valence electrons. The number of benzene rings is 1. The Morgan fingerprint density at radius 3 is 2.45 bits per heavy atom. The molecule has 8 heterocycles. The molecule has 3 saturated heterocycles. The summed E-state index contributed by atoms with van der Waals surface area (Å²) in [5, 5.41) is 34.7. The van der Waals surface area contributed by atoms with Gasteiger partial charge in [-0.15, -0.1) is 10.2 Å². The number of aliphatic hydroxyl groups excluding tert-OH is 1. The first-order chi connectivity index (χ1) is 28.2. The summed E-state index contributed by atoms with van der Waals surface area (Å²) in [6, 6.07) is 11.9. The first kappa shape index (κ1) is 37.2. The molecule has 58 heavy (non-hydrogen) atoms. The maximum Gasteiger partial charge on any atom is 0.233 e. The summed E-state index contributed by atoms with van der Waals surface area (Å²) in [4.78, 5) is 35.7. The Balaban J connectivity index is 0.705. The monoisotopic (exact) mass is 786 g/mol. The number of hydrogen-bond acceptors (Lipinski definition) is 12. The molecule has 0 bridgehead atoms. The molecule has 1 saturated carbocycles. The van der Waals surface area contributed by atoms with Crippen LogP contribution in [-0.4, -0.2) is 114 Å². The smallest absolute Gasteiger partial charge is 0.233 e. The van der Waals surface area contributed by atoms with E-state index in [1.807, 2.05) is 38.1 Å². The van der Waals surface area contributed by atoms with E-state index in [4.69, 9.17) is 14.5 Å². The number of aromatic hydroxyl groups is 1. The topological polar surface area (TPSA) is 164 Å². The van der Waals surface area contributed by atoms with Crippen LogP contribution in [0.25, 0.3) is 22.3 Å². The second-order valence-electron chi connectivity index (χ2n) is 18.0. The number of nitrogens with one attached hydrogen (secondary N) is 1. The van der Waals surface area contributed by atoms with E-state index in [1.165, 1.54) is 42.5 Å². The van der Waals surface area contributed by atoms with Crippen molar-refractivity contribution in [2.75, 3.05) is 55.6 Å². The van der Waals surface area contributed by atoms with Crippen LogP contribution in [0.15, 0.2) is 53.3 Å². The third-order valence-electron chi connectivity index (χ3n) is 14.0. The van der Waals surface area contributed by atoms with Crippen molar-refractivity contribution < 1.29 is 19.5 Å². The van der Waals surface area contributed by atoms with Crippen LogP contribution in [0, 0.1) is 11.3 Å². The molecule has 1 aliphatic carbocycles. The van der Waals surface area contributed by atoms with Crippen molar-refractivity contribution in [1.29, 1.82) is 0 Å². The van der Waals surface area contributed by atoms with Gasteiger partial charge in [0.2, 0.25) is 11.9 Å². The molecule has 1 aromatic carbocycles. The van der Waals surface area contributed by atoms with Gasteiger partial charge in [0.25, 0.3) is 0 Å². The minimum Gasteiger partial charge on any atom is -0.507 e. The molecule has 4 fully saturated rings. The van der Waals surface area contributed by atoms with Gasteiger partial charge in [-0.05, 0) is 93.6 Å². The molecule has 0 radical (unpaired) electrons. The van der Waals surface area contributed by atoms with Gasteiger partial charge in [-0.2, -0.15) is 0 Å². The van der Waals surface area contributed by atoms with Crippen LogP contribution in [0.4, 0.5) is 11.8 Å². The number of hydrogen-bond donors (Lipinski definition) is 3. The number of piperidine rings is 1. The normalized spacial score (nSPS) is 22.2. The predicted octanol–water partition coefficient (Wildman–Crippen LogP) is 5.63. The Bertz CT molecular complexity index is 2270. The quantitative estimate of drug-likeness (QED) is 0.178. The van der Waals surface area contributed by atoms with Gasteiger partial charge in [0.05, 0.1) is 11.8 Å². The highest BCUT2D eigenvalue weighted by molar-refractivity contribution is 5.86. The number of H-pyrrole nitrogens is 1. The summed E-state index contributed by atoms with van der Waals surface area (Å²) < 4.78 is 5.81. The van der Waals surface area contributed by atoms with Crippen LogP contribution in [0.5, 0.6) is 5.75 Å². The maximum atomic E-state index is 13.3. The molecular weight excluding hydrogens is 733 g/mol. The molecular formula is C44H54N10O4. The van der Waals surface area contributed by atoms with Crippen LogP contribution in [-0.2, 0) is 17.8 Å². The van der Waals surface area contributed by atoms with Gasteiger partial charge in [-0.25, -0.2) is 9.97 Å². The molecule has 14 nitrogen and oxygen atoms in total. The minimum absolute atomic E-state index is 0.0284. The number of phenols is 1. The van der Waals surface area contributed by atoms with Crippen molar-refractivity contribution >= 4 is 28.7 Å². The second-order valence-corrected chi connectivity index (χ2v) is 18.0. The number of rotatable bonds is 8. The number of amides is 1. The van der Waals surface area contributed by atoms with Crippen molar-refractivity contribution in [1.82, 2.24) is 40.1 Å². The van der Waals surface area contributed by atoms with Crippen molar-refractivity contribution in [3.8, 4) is 17.0 Å². The number of carbonyl (C=O) groups excluding carboxylic acids is 1. The number of nitrogens with zero attached hydrogens (tertiary/aromatic N) is 9. The van der Waals surface area contributed by atoms with Gasteiger partial charge in [0.1, 0.15) is 11.7 Å². The Morgan fingerprint density at radius 2 is 1.72 bits per heavy atom. The number of para-hydroxylation sites is 1. The molecule has 10 rings (SSSR count). The van der Waals surface area contributed by atoms with Gasteiger partial charge < -0.3 is 39.3 Å². The van der Waals surface area contributed by atoms with E-state index in [2.05, 4.69) is 47.4 Å². The summed E-state index contributed by atoms with van der Waals surface area (Å²) in [6.07, 6.45) is 12.4. The summed E-state index contributed by atoms with van der Waals surface area (Å²) in [6.45, 7) is 10.8. The van der Waals surface area contributed by atoms with E-state index in [1.54, 1.807) is 17.0 Å². The fraction of sp³-hybridized carbons (Fsp3) is 0.545. The third-order valence-corrected chi connectivity index (χ3v) is 14.0. The van der Waals surface area contributed by atoms with Gasteiger partial charge in [-0.3, -0.25) is 4.79 Å². The van der Waals surface area contributed by atoms with Gasteiger partial charge >= 0.3 is 0 Å². The summed E-state index contributed by atoms with van der Waals surface area (Å²) in [7, 11) is 0. The summed E-state index contributed by atoms with van der Waals surface area (Å²) in [5.74, 6) is 2.63. The molecule has 4 aliphatic heterocycles. The van der Waals surface area contributed by atoms with Crippen LogP contribution < -0.4 is 9.80 Å². The fourth-order valence-electron chi connectivity index (χ4n) is 10.6. The van der Waals surface area contributed by atoms with Gasteiger partial charge in [0, 0.05) is 97.8 Å². The summed E-state index contributed by atoms with van der Waals surface area (Å²) >= 11 is 0. The molecule has 3 N–H and O–H groups in total. The highest BCUT2D eigenvalue weighted by atomic mass is 16.5. The lowest BCUT2D eigenvalue weighted by Gasteiger charge is -2.54. The first-order valence-corrected chi connectivity index (χ1v) is 21.4. The van der Waals surface area contributed by atoms with Crippen molar-refractivity contribution in [2.45, 2.75) is 95.7 Å². The van der Waals surface area contributed by atoms with E-state index < -0.39 is 6.10 Å². The summed E-state index contributed by atoms with van der Waals surface area (Å²) in [5.41, 5.74) is 6.03. The first-order valence-electron chi connectivity index (χ1n) is 21.4. The molecule has 2 atom stereocenters. The maximum absolute atomic E-state index is 13.3. The Hall–Kier alpha value is -5.08. The lowest BCUT2D eigenvalue weighted by atomic mass is 9.67. The molecule has 1 spiro atoms. The number of likely N-dealkylation sites (tertiary alicyclic amines) is 2. The lowest BCUT2D eigenvalue weighted by molar-refractivity contribution is -0.133. The number of aromatic nitrogens is 6. The zero-order valence-electron chi connectivity index (χ0n) is 33.6. The average molecular weight is 787 g/mol. The fourth-order valence-corrected chi connectivity index (χ4v) is 10.6. The van der Waals surface area contributed by atoms with E-state index in [-0.39, 0.29) is 23.5 Å². The highest BCUT2D eigenvalue weighted by Crippen LogP contribution is 2.47. The number of phenolic OH excluding ortho intramolecular Hbond substituents is 1. The predicted molar refractivity (Wildman–Crippen MR) is 220 cm³/mol. The molecule has 14 heteroatoms. The number of carbonyl (C=O) groups is 1. The lowest BCUT2D eigenvalue weighted by Crippen LogP contribution is -2.59. The Labute approximate surface area is 338 Å². The highest BCUT2D eigenvalue weighted by Gasteiger charge is 2.47.